The molecule has 0 radical (unpaired) electrons. The number of phenolic OH excluding ortho intramolecular Hbond substituents is 1. The summed E-state index contributed by atoms with van der Waals surface area (Å²) in [5.74, 6) is -0.175. The summed E-state index contributed by atoms with van der Waals surface area (Å²) in [5.41, 5.74) is -2.11. The van der Waals surface area contributed by atoms with Crippen LogP contribution in [0, 0.1) is 0 Å². The van der Waals surface area contributed by atoms with Crippen LogP contribution in [-0.2, 0) is 19.9 Å². The zero-order valence-electron chi connectivity index (χ0n) is 20.7. The summed E-state index contributed by atoms with van der Waals surface area (Å²) in [5, 5.41) is 36.8. The third-order valence-electron chi connectivity index (χ3n) is 6.93. The Kier molecular flexibility index (Phi) is 6.44. The Morgan fingerprint density at radius 2 is 1.83 bits per heavy atom. The van der Waals surface area contributed by atoms with Gasteiger partial charge in [-0.3, -0.25) is 4.79 Å². The number of hydrogen-bond donors (Lipinski definition) is 4. The first kappa shape index (κ1) is 25.2. The fourth-order valence-corrected chi connectivity index (χ4v) is 4.68. The number of carbonyl (C=O) groups excluding carboxylic acids is 1. The monoisotopic (exact) mass is 483 g/mol. The quantitative estimate of drug-likeness (QED) is 0.425. The number of phenols is 1. The van der Waals surface area contributed by atoms with Crippen molar-refractivity contribution in [2.45, 2.75) is 62.6 Å². The van der Waals surface area contributed by atoms with E-state index in [-0.39, 0.29) is 28.7 Å². The normalized spacial score (nSPS) is 26.7. The predicted molar refractivity (Wildman–Crippen MR) is 131 cm³/mol. The van der Waals surface area contributed by atoms with Crippen molar-refractivity contribution < 1.29 is 34.3 Å². The smallest absolute Gasteiger partial charge is 0.257 e. The molecule has 2 heterocycles. The van der Waals surface area contributed by atoms with Gasteiger partial charge in [0.15, 0.2) is 11.7 Å². The van der Waals surface area contributed by atoms with Gasteiger partial charge in [0.2, 0.25) is 0 Å². The van der Waals surface area contributed by atoms with Crippen molar-refractivity contribution in [2.24, 2.45) is 0 Å². The minimum Gasteiger partial charge on any atom is -0.507 e. The number of carbonyl (C=O) groups is 1. The van der Waals surface area contributed by atoms with Crippen LogP contribution in [0.25, 0.3) is 6.08 Å². The van der Waals surface area contributed by atoms with Crippen LogP contribution < -0.4 is 10.1 Å². The molecule has 0 aromatic heterocycles. The third-order valence-corrected chi connectivity index (χ3v) is 6.93. The second-order valence-corrected chi connectivity index (χ2v) is 9.96. The van der Waals surface area contributed by atoms with E-state index in [1.807, 2.05) is 13.8 Å². The molecule has 4 rings (SSSR count). The topological polar surface area (TPSA) is 121 Å². The number of epoxide rings is 1. The van der Waals surface area contributed by atoms with Gasteiger partial charge in [0, 0.05) is 12.7 Å². The molecular formula is C27H33NO7. The van der Waals surface area contributed by atoms with Crippen molar-refractivity contribution in [1.82, 2.24) is 0 Å². The highest BCUT2D eigenvalue weighted by atomic mass is 16.6. The Bertz CT molecular complexity index is 1140. The molecule has 188 valence electrons. The number of amides is 1. The van der Waals surface area contributed by atoms with Gasteiger partial charge < -0.3 is 34.8 Å². The molecule has 4 atom stereocenters. The molecule has 0 saturated carbocycles. The summed E-state index contributed by atoms with van der Waals surface area (Å²) in [6.45, 7) is 5.73. The van der Waals surface area contributed by atoms with Crippen molar-refractivity contribution in [2.75, 3.05) is 19.5 Å². The van der Waals surface area contributed by atoms with Gasteiger partial charge in [0.25, 0.3) is 5.91 Å². The highest BCUT2D eigenvalue weighted by Crippen LogP contribution is 2.48. The van der Waals surface area contributed by atoms with Crippen molar-refractivity contribution in [3.63, 3.8) is 0 Å². The maximum atomic E-state index is 12.8. The number of benzene rings is 2. The molecule has 2 aliphatic rings. The molecule has 2 unspecified atom stereocenters. The lowest BCUT2D eigenvalue weighted by Crippen LogP contribution is -2.52. The van der Waals surface area contributed by atoms with E-state index in [0.29, 0.717) is 29.7 Å². The fourth-order valence-electron chi connectivity index (χ4n) is 4.68. The zero-order chi connectivity index (χ0) is 25.6. The van der Waals surface area contributed by atoms with Gasteiger partial charge in [0.1, 0.15) is 11.5 Å². The fraction of sp³-hybridized carbons (Fsp3) is 0.444. The molecule has 0 bridgehead atoms. The van der Waals surface area contributed by atoms with E-state index in [9.17, 15) is 20.1 Å². The molecule has 2 aromatic carbocycles. The van der Waals surface area contributed by atoms with Gasteiger partial charge in [-0.15, -0.1) is 0 Å². The molecule has 35 heavy (non-hydrogen) atoms. The number of hydrogen-bond acceptors (Lipinski definition) is 7. The average Bonchev–Trinajstić information content (AvgIpc) is 3.43. The first-order valence-electron chi connectivity index (χ1n) is 11.6. The van der Waals surface area contributed by atoms with E-state index in [0.717, 1.165) is 0 Å². The molecule has 1 saturated heterocycles. The van der Waals surface area contributed by atoms with Gasteiger partial charge in [-0.2, -0.15) is 0 Å². The van der Waals surface area contributed by atoms with E-state index >= 15 is 0 Å². The summed E-state index contributed by atoms with van der Waals surface area (Å²) in [6, 6.07) is 9.81. The summed E-state index contributed by atoms with van der Waals surface area (Å²) in [6.07, 6.45) is 3.24. The van der Waals surface area contributed by atoms with Crippen LogP contribution in [0.5, 0.6) is 11.5 Å². The van der Waals surface area contributed by atoms with E-state index in [4.69, 9.17) is 14.2 Å². The molecule has 0 aliphatic carbocycles. The largest absolute Gasteiger partial charge is 0.507 e. The number of fused-ring (bicyclic) bond motifs is 1. The second kappa shape index (κ2) is 8.95. The van der Waals surface area contributed by atoms with E-state index in [1.165, 1.54) is 14.2 Å². The van der Waals surface area contributed by atoms with Crippen LogP contribution in [0.15, 0.2) is 42.5 Å². The van der Waals surface area contributed by atoms with Gasteiger partial charge in [-0.05, 0) is 63.4 Å². The molecule has 0 spiro atoms. The van der Waals surface area contributed by atoms with E-state index in [1.54, 1.807) is 55.5 Å². The Labute approximate surface area is 205 Å². The Balaban J connectivity index is 1.71. The van der Waals surface area contributed by atoms with Crippen molar-refractivity contribution >= 4 is 17.7 Å². The SMILES string of the molecule is COc1ccc([C@@]2(O)c3c(ccc(/C=C/C(C)(O)CCC4OC4(C)C)c3O)NC(=O)[C@@H]2OC)cc1. The Morgan fingerprint density at radius 1 is 1.17 bits per heavy atom. The predicted octanol–water partition coefficient (Wildman–Crippen LogP) is 3.33. The third kappa shape index (κ3) is 4.67. The van der Waals surface area contributed by atoms with E-state index in [2.05, 4.69) is 5.32 Å². The zero-order valence-corrected chi connectivity index (χ0v) is 20.7. The molecule has 1 amide bonds. The molecule has 2 aliphatic heterocycles. The van der Waals surface area contributed by atoms with Crippen LogP contribution in [-0.4, -0.2) is 58.9 Å². The standard InChI is InChI=1S/C27H33NO7/c1-25(2)20(35-25)13-15-26(3,31)14-12-16-6-11-19-21(22(16)29)27(32,23(34-5)24(30)28-19)17-7-9-18(33-4)10-8-17/h6-12,14,20,23,29,31-32H,13,15H2,1-5H3,(H,28,30)/b14-12+/t20?,23-,26?,27+/m0/s1. The van der Waals surface area contributed by atoms with Crippen LogP contribution in [0.2, 0.25) is 0 Å². The van der Waals surface area contributed by atoms with Gasteiger partial charge in [-0.1, -0.05) is 24.3 Å². The summed E-state index contributed by atoms with van der Waals surface area (Å²) < 4.78 is 16.2. The second-order valence-electron chi connectivity index (χ2n) is 9.96. The number of aliphatic hydroxyl groups is 2. The number of nitrogens with one attached hydrogen (secondary N) is 1. The van der Waals surface area contributed by atoms with Gasteiger partial charge in [-0.25, -0.2) is 0 Å². The Morgan fingerprint density at radius 3 is 2.40 bits per heavy atom. The number of ether oxygens (including phenoxy) is 3. The van der Waals surface area contributed by atoms with Crippen molar-refractivity contribution in [3.8, 4) is 11.5 Å². The lowest BCUT2D eigenvalue weighted by molar-refractivity contribution is -0.142. The van der Waals surface area contributed by atoms with Crippen LogP contribution >= 0.6 is 0 Å². The molecule has 4 N–H and O–H groups in total. The molecular weight excluding hydrogens is 450 g/mol. The summed E-state index contributed by atoms with van der Waals surface area (Å²) in [7, 11) is 2.86. The first-order valence-corrected chi connectivity index (χ1v) is 11.6. The van der Waals surface area contributed by atoms with Crippen LogP contribution in [0.1, 0.15) is 50.3 Å². The van der Waals surface area contributed by atoms with Crippen molar-refractivity contribution in [3.05, 3.63) is 59.2 Å². The molecule has 8 heteroatoms. The van der Waals surface area contributed by atoms with Crippen LogP contribution in [0.4, 0.5) is 5.69 Å². The molecule has 1 fully saturated rings. The average molecular weight is 484 g/mol. The maximum absolute atomic E-state index is 12.8. The number of anilines is 1. The van der Waals surface area contributed by atoms with Crippen molar-refractivity contribution in [1.29, 1.82) is 0 Å². The number of rotatable bonds is 8. The highest BCUT2D eigenvalue weighted by molar-refractivity contribution is 6.00. The van der Waals surface area contributed by atoms with E-state index < -0.39 is 23.2 Å². The minimum atomic E-state index is -1.97. The first-order chi connectivity index (χ1) is 16.4. The van der Waals surface area contributed by atoms with Gasteiger partial charge in [0.05, 0.1) is 35.7 Å². The maximum Gasteiger partial charge on any atom is 0.257 e. The highest BCUT2D eigenvalue weighted by Gasteiger charge is 2.52. The summed E-state index contributed by atoms with van der Waals surface area (Å²) >= 11 is 0. The minimum absolute atomic E-state index is 0.115. The number of aromatic hydroxyl groups is 1. The summed E-state index contributed by atoms with van der Waals surface area (Å²) in [4.78, 5) is 12.8. The number of methoxy groups -OCH3 is 2. The lowest BCUT2D eigenvalue weighted by atomic mass is 9.76. The lowest BCUT2D eigenvalue weighted by Gasteiger charge is -2.40. The van der Waals surface area contributed by atoms with Gasteiger partial charge >= 0.3 is 0 Å². The molecule has 2 aromatic rings. The van der Waals surface area contributed by atoms with Crippen LogP contribution in [0.3, 0.4) is 0 Å². The Hall–Kier alpha value is -2.91. The molecule has 8 nitrogen and oxygen atoms in total.